The van der Waals surface area contributed by atoms with Crippen LogP contribution in [0.4, 0.5) is 13.2 Å². The van der Waals surface area contributed by atoms with E-state index >= 15 is 0 Å². The number of benzene rings is 1. The van der Waals surface area contributed by atoms with Crippen molar-refractivity contribution in [2.24, 2.45) is 0 Å². The van der Waals surface area contributed by atoms with Gasteiger partial charge in [-0.05, 0) is 0 Å². The summed E-state index contributed by atoms with van der Waals surface area (Å²) in [5.74, 6) is -4.79. The zero-order valence-corrected chi connectivity index (χ0v) is 6.18. The Morgan fingerprint density at radius 3 is 1.67 bits per heavy atom. The monoisotopic (exact) mass is 180 g/mol. The first-order valence-electron chi connectivity index (χ1n) is 2.89. The second-order valence-corrected chi connectivity index (χ2v) is 1.72. The molecule has 0 aromatic heterocycles. The average Bonchev–Trinajstić information content (AvgIpc) is 2.04. The van der Waals surface area contributed by atoms with Crippen molar-refractivity contribution in [3.05, 3.63) is 29.6 Å². The maximum atomic E-state index is 12.1. The molecule has 0 spiro atoms. The van der Waals surface area contributed by atoms with Gasteiger partial charge in [-0.1, -0.05) is 0 Å². The zero-order chi connectivity index (χ0) is 9.72. The number of hydrogen-bond acceptors (Lipinski definition) is 2. The fraction of sp³-hybridized carbons (Fsp3) is 0.143. The lowest BCUT2D eigenvalue weighted by molar-refractivity contribution is 0.390. The van der Waals surface area contributed by atoms with Gasteiger partial charge < -0.3 is 10.2 Å². The summed E-state index contributed by atoms with van der Waals surface area (Å²) in [6, 6.07) is 0.802. The summed E-state index contributed by atoms with van der Waals surface area (Å²) in [6.45, 7) is 0. The third-order valence-corrected chi connectivity index (χ3v) is 0.982. The number of halogens is 3. The Morgan fingerprint density at radius 2 is 1.33 bits per heavy atom. The number of rotatable bonds is 0. The lowest BCUT2D eigenvalue weighted by Gasteiger charge is -1.95. The highest BCUT2D eigenvalue weighted by atomic mass is 19.1. The summed E-state index contributed by atoms with van der Waals surface area (Å²) in [5, 5.41) is 15.4. The van der Waals surface area contributed by atoms with Crippen LogP contribution in [-0.4, -0.2) is 17.3 Å². The second-order valence-electron chi connectivity index (χ2n) is 1.72. The summed E-state index contributed by atoms with van der Waals surface area (Å²) in [5.41, 5.74) is 0. The van der Waals surface area contributed by atoms with Crippen LogP contribution in [0.5, 0.6) is 5.75 Å². The van der Waals surface area contributed by atoms with Crippen molar-refractivity contribution in [3.8, 4) is 5.75 Å². The molecule has 2 nitrogen and oxygen atoms in total. The molecule has 0 saturated carbocycles. The highest BCUT2D eigenvalue weighted by molar-refractivity contribution is 5.24. The van der Waals surface area contributed by atoms with E-state index in [1.807, 2.05) is 0 Å². The summed E-state index contributed by atoms with van der Waals surface area (Å²) >= 11 is 0. The van der Waals surface area contributed by atoms with Crippen molar-refractivity contribution in [1.82, 2.24) is 0 Å². The van der Waals surface area contributed by atoms with Gasteiger partial charge in [0, 0.05) is 19.2 Å². The van der Waals surface area contributed by atoms with Gasteiger partial charge in [-0.2, -0.15) is 0 Å². The van der Waals surface area contributed by atoms with Gasteiger partial charge in [0.1, 0.15) is 5.82 Å². The minimum Gasteiger partial charge on any atom is -0.503 e. The maximum absolute atomic E-state index is 12.1. The van der Waals surface area contributed by atoms with Crippen LogP contribution >= 0.6 is 0 Å². The highest BCUT2D eigenvalue weighted by Gasteiger charge is 2.08. The van der Waals surface area contributed by atoms with Crippen molar-refractivity contribution in [1.29, 1.82) is 0 Å². The minimum atomic E-state index is -1.29. The highest BCUT2D eigenvalue weighted by Crippen LogP contribution is 2.19. The molecule has 0 amide bonds. The van der Waals surface area contributed by atoms with E-state index in [0.29, 0.717) is 12.1 Å². The van der Waals surface area contributed by atoms with Crippen molar-refractivity contribution >= 4 is 0 Å². The molecule has 0 atom stereocenters. The molecule has 0 aliphatic carbocycles. The molecule has 1 rings (SSSR count). The number of phenols is 1. The minimum absolute atomic E-state index is 0.401. The Kier molecular flexibility index (Phi) is 4.14. The Balaban J connectivity index is 0.000000561. The van der Waals surface area contributed by atoms with Gasteiger partial charge in [-0.15, -0.1) is 0 Å². The molecule has 0 aliphatic rings. The Bertz CT molecular complexity index is 240. The fourth-order valence-corrected chi connectivity index (χ4v) is 0.535. The first kappa shape index (κ1) is 10.8. The molecule has 0 radical (unpaired) electrons. The molecule has 1 aromatic carbocycles. The van der Waals surface area contributed by atoms with Crippen LogP contribution in [0.3, 0.4) is 0 Å². The van der Waals surface area contributed by atoms with E-state index in [0.717, 1.165) is 7.11 Å². The average molecular weight is 180 g/mol. The van der Waals surface area contributed by atoms with Crippen LogP contribution < -0.4 is 0 Å². The predicted octanol–water partition coefficient (Wildman–Crippen LogP) is 1.42. The first-order chi connectivity index (χ1) is 5.61. The number of aliphatic hydroxyl groups is 1. The SMILES string of the molecule is CO.Oc1c(F)cc(F)cc1F. The molecule has 68 valence electrons. The molecule has 0 fully saturated rings. The van der Waals surface area contributed by atoms with E-state index in [4.69, 9.17) is 10.2 Å². The van der Waals surface area contributed by atoms with Gasteiger partial charge in [0.25, 0.3) is 0 Å². The van der Waals surface area contributed by atoms with E-state index in [2.05, 4.69) is 0 Å². The number of phenolic OH excluding ortho intramolecular Hbond substituents is 1. The largest absolute Gasteiger partial charge is 0.503 e. The summed E-state index contributed by atoms with van der Waals surface area (Å²) in [4.78, 5) is 0. The van der Waals surface area contributed by atoms with E-state index in [1.165, 1.54) is 0 Å². The van der Waals surface area contributed by atoms with Gasteiger partial charge in [-0.3, -0.25) is 0 Å². The van der Waals surface area contributed by atoms with Crippen molar-refractivity contribution in [3.63, 3.8) is 0 Å². The zero-order valence-electron chi connectivity index (χ0n) is 6.18. The van der Waals surface area contributed by atoms with Crippen LogP contribution in [0.2, 0.25) is 0 Å². The van der Waals surface area contributed by atoms with E-state index in [-0.39, 0.29) is 0 Å². The van der Waals surface area contributed by atoms with Gasteiger partial charge >= 0.3 is 0 Å². The number of hydrogen-bond donors (Lipinski definition) is 2. The van der Waals surface area contributed by atoms with Crippen molar-refractivity contribution < 1.29 is 23.4 Å². The van der Waals surface area contributed by atoms with Crippen LogP contribution in [0.15, 0.2) is 12.1 Å². The normalized spacial score (nSPS) is 8.75. The third kappa shape index (κ3) is 2.43. The number of aromatic hydroxyl groups is 1. The molecular weight excluding hydrogens is 173 g/mol. The lowest BCUT2D eigenvalue weighted by atomic mass is 10.3. The molecule has 2 N–H and O–H groups in total. The predicted molar refractivity (Wildman–Crippen MR) is 36.1 cm³/mol. The summed E-state index contributed by atoms with van der Waals surface area (Å²) in [6.07, 6.45) is 0. The second kappa shape index (κ2) is 4.61. The Hall–Kier alpha value is -1.23. The maximum Gasteiger partial charge on any atom is 0.187 e. The molecule has 0 aliphatic heterocycles. The Morgan fingerprint density at radius 1 is 1.00 bits per heavy atom. The first-order valence-corrected chi connectivity index (χ1v) is 2.89. The molecule has 0 saturated heterocycles. The molecule has 12 heavy (non-hydrogen) atoms. The standard InChI is InChI=1S/C6H3F3O.CH4O/c7-3-1-4(8)6(10)5(9)2-3;1-2/h1-2,10H;2H,1H3. The lowest BCUT2D eigenvalue weighted by Crippen LogP contribution is -1.84. The molecule has 1 aromatic rings. The number of aliphatic hydroxyl groups excluding tert-OH is 1. The van der Waals surface area contributed by atoms with E-state index in [9.17, 15) is 13.2 Å². The summed E-state index contributed by atoms with van der Waals surface area (Å²) in [7, 11) is 1.00. The molecular formula is C7H7F3O2. The molecule has 0 unspecified atom stereocenters. The van der Waals surface area contributed by atoms with Crippen LogP contribution in [0, 0.1) is 17.5 Å². The van der Waals surface area contributed by atoms with Gasteiger partial charge in [0.2, 0.25) is 0 Å². The molecule has 0 heterocycles. The van der Waals surface area contributed by atoms with Crippen LogP contribution in [0.1, 0.15) is 0 Å². The van der Waals surface area contributed by atoms with Gasteiger partial charge in [-0.25, -0.2) is 13.2 Å². The van der Waals surface area contributed by atoms with Crippen molar-refractivity contribution in [2.45, 2.75) is 0 Å². The smallest absolute Gasteiger partial charge is 0.187 e. The molecule has 0 bridgehead atoms. The van der Waals surface area contributed by atoms with Crippen LogP contribution in [0.25, 0.3) is 0 Å². The van der Waals surface area contributed by atoms with Crippen LogP contribution in [-0.2, 0) is 0 Å². The quantitative estimate of drug-likeness (QED) is 0.633. The fourth-order valence-electron chi connectivity index (χ4n) is 0.535. The summed E-state index contributed by atoms with van der Waals surface area (Å²) < 4.78 is 36.2. The van der Waals surface area contributed by atoms with Gasteiger partial charge in [0.05, 0.1) is 0 Å². The molecule has 5 heteroatoms. The van der Waals surface area contributed by atoms with Crippen molar-refractivity contribution in [2.75, 3.05) is 7.11 Å². The van der Waals surface area contributed by atoms with E-state index < -0.39 is 23.2 Å². The van der Waals surface area contributed by atoms with E-state index in [1.54, 1.807) is 0 Å². The van der Waals surface area contributed by atoms with Gasteiger partial charge in [0.15, 0.2) is 17.4 Å². The third-order valence-electron chi connectivity index (χ3n) is 0.982. The topological polar surface area (TPSA) is 40.5 Å². The Labute approximate surface area is 66.9 Å².